The number of rotatable bonds is 5. The zero-order valence-corrected chi connectivity index (χ0v) is 17.9. The van der Waals surface area contributed by atoms with E-state index < -0.39 is 0 Å². The van der Waals surface area contributed by atoms with Crippen molar-refractivity contribution in [3.05, 3.63) is 50.8 Å². The van der Waals surface area contributed by atoms with Crippen LogP contribution < -0.4 is 19.5 Å². The Labute approximate surface area is 174 Å². The smallest absolute Gasteiger partial charge is 0.257 e. The number of nitrogens with zero attached hydrogens (tertiary/aromatic N) is 1. The topological polar surface area (TPSA) is 69.7 Å². The zero-order chi connectivity index (χ0) is 19.8. The van der Waals surface area contributed by atoms with Gasteiger partial charge in [0.1, 0.15) is 17.2 Å². The van der Waals surface area contributed by atoms with Gasteiger partial charge in [-0.05, 0) is 29.8 Å². The number of ether oxygens (including phenoxy) is 3. The normalized spacial score (nSPS) is 11.6. The monoisotopic (exact) mass is 460 g/mol. The number of nitrogens with one attached hydrogen (secondary N) is 1. The summed E-state index contributed by atoms with van der Waals surface area (Å²) in [4.78, 5) is 18.5. The molecule has 0 bridgehead atoms. The average molecular weight is 461 g/mol. The Morgan fingerprint density at radius 1 is 1.11 bits per heavy atom. The summed E-state index contributed by atoms with van der Waals surface area (Å²) < 4.78 is 17.0. The molecule has 0 atom stereocenters. The third-order valence-corrected chi connectivity index (χ3v) is 6.26. The van der Waals surface area contributed by atoms with E-state index in [1.54, 1.807) is 39.5 Å². The van der Waals surface area contributed by atoms with Crippen LogP contribution in [0.1, 0.15) is 20.8 Å². The number of amides is 1. The van der Waals surface area contributed by atoms with Gasteiger partial charge in [-0.3, -0.25) is 10.1 Å². The number of thiazole rings is 1. The van der Waals surface area contributed by atoms with E-state index in [2.05, 4.69) is 26.2 Å². The van der Waals surface area contributed by atoms with E-state index in [-0.39, 0.29) is 5.91 Å². The van der Waals surface area contributed by atoms with E-state index in [1.807, 2.05) is 12.1 Å². The van der Waals surface area contributed by atoms with Crippen LogP contribution in [0.2, 0.25) is 0 Å². The highest BCUT2D eigenvalue weighted by molar-refractivity contribution is 9.10. The lowest BCUT2D eigenvalue weighted by Crippen LogP contribution is -2.12. The molecular weight excluding hydrogens is 444 g/mol. The fraction of sp³-hybridized carbons (Fsp3) is 0.200. The number of carbonyl (C=O) groups is 1. The van der Waals surface area contributed by atoms with Crippen molar-refractivity contribution in [3.63, 3.8) is 0 Å². The lowest BCUT2D eigenvalue weighted by atomic mass is 10.1. The van der Waals surface area contributed by atoms with Gasteiger partial charge >= 0.3 is 0 Å². The largest absolute Gasteiger partial charge is 0.497 e. The molecule has 4 rings (SSSR count). The van der Waals surface area contributed by atoms with Crippen molar-refractivity contribution in [2.45, 2.75) is 6.42 Å². The van der Waals surface area contributed by atoms with Gasteiger partial charge in [0.25, 0.3) is 5.91 Å². The molecular formula is C20H17BrN2O4S. The lowest BCUT2D eigenvalue weighted by molar-refractivity contribution is 0.102. The molecule has 6 nitrogen and oxygen atoms in total. The van der Waals surface area contributed by atoms with E-state index in [9.17, 15) is 4.79 Å². The molecule has 1 aliphatic carbocycles. The van der Waals surface area contributed by atoms with Crippen LogP contribution in [0.15, 0.2) is 34.8 Å². The maximum atomic E-state index is 12.7. The van der Waals surface area contributed by atoms with Gasteiger partial charge in [-0.15, -0.1) is 11.3 Å². The second kappa shape index (κ2) is 7.44. The van der Waals surface area contributed by atoms with Gasteiger partial charge in [0.05, 0.1) is 27.0 Å². The number of halogens is 1. The molecule has 0 radical (unpaired) electrons. The van der Waals surface area contributed by atoms with E-state index >= 15 is 0 Å². The first-order valence-corrected chi connectivity index (χ1v) is 10.0. The molecule has 0 aliphatic heterocycles. The molecule has 0 saturated heterocycles. The Morgan fingerprint density at radius 3 is 2.46 bits per heavy atom. The summed E-state index contributed by atoms with van der Waals surface area (Å²) in [6, 6.07) is 8.93. The summed E-state index contributed by atoms with van der Waals surface area (Å²) >= 11 is 5.07. The van der Waals surface area contributed by atoms with E-state index in [1.165, 1.54) is 11.3 Å². The van der Waals surface area contributed by atoms with Crippen molar-refractivity contribution in [1.29, 1.82) is 0 Å². The first-order chi connectivity index (χ1) is 13.5. The molecule has 144 valence electrons. The molecule has 0 saturated carbocycles. The summed E-state index contributed by atoms with van der Waals surface area (Å²) in [7, 11) is 4.74. The third kappa shape index (κ3) is 3.22. The van der Waals surface area contributed by atoms with Crippen LogP contribution in [0.3, 0.4) is 0 Å². The molecule has 0 fully saturated rings. The highest BCUT2D eigenvalue weighted by Gasteiger charge is 2.29. The van der Waals surface area contributed by atoms with Crippen molar-refractivity contribution >= 4 is 38.3 Å². The van der Waals surface area contributed by atoms with E-state index in [0.717, 1.165) is 38.3 Å². The predicted molar refractivity (Wildman–Crippen MR) is 112 cm³/mol. The van der Waals surface area contributed by atoms with Gasteiger partial charge in [0.15, 0.2) is 5.13 Å². The molecule has 8 heteroatoms. The molecule has 1 aliphatic rings. The Balaban J connectivity index is 1.64. The van der Waals surface area contributed by atoms with Crippen LogP contribution in [-0.4, -0.2) is 32.2 Å². The summed E-state index contributed by atoms with van der Waals surface area (Å²) in [5, 5.41) is 3.42. The number of fused-ring (bicyclic) bond motifs is 3. The van der Waals surface area contributed by atoms with E-state index in [0.29, 0.717) is 22.2 Å². The van der Waals surface area contributed by atoms with Gasteiger partial charge in [-0.2, -0.15) is 0 Å². The molecule has 0 spiro atoms. The Kier molecular flexibility index (Phi) is 4.99. The molecule has 1 N–H and O–H groups in total. The number of hydrogen-bond acceptors (Lipinski definition) is 6. The SMILES string of the molecule is COc1cc(OC)cc(C(=O)Nc2nc3c(s2)Cc2c(Br)ccc(OC)c2-3)c1. The number of hydrogen-bond donors (Lipinski definition) is 1. The Hall–Kier alpha value is -2.58. The van der Waals surface area contributed by atoms with Gasteiger partial charge in [0, 0.05) is 33.0 Å². The fourth-order valence-corrected chi connectivity index (χ4v) is 4.64. The number of aromatic nitrogens is 1. The first kappa shape index (κ1) is 18.8. The van der Waals surface area contributed by atoms with Gasteiger partial charge in [-0.1, -0.05) is 15.9 Å². The average Bonchev–Trinajstić information content (AvgIpc) is 3.26. The number of anilines is 1. The molecule has 28 heavy (non-hydrogen) atoms. The van der Waals surface area contributed by atoms with Crippen molar-refractivity contribution in [2.75, 3.05) is 26.6 Å². The van der Waals surface area contributed by atoms with E-state index in [4.69, 9.17) is 14.2 Å². The van der Waals surface area contributed by atoms with Crippen LogP contribution in [0.4, 0.5) is 5.13 Å². The molecule has 1 aromatic heterocycles. The van der Waals surface area contributed by atoms with Gasteiger partial charge in [-0.25, -0.2) is 4.98 Å². The number of methoxy groups -OCH3 is 3. The minimum absolute atomic E-state index is 0.272. The third-order valence-electron chi connectivity index (χ3n) is 4.54. The molecule has 0 unspecified atom stereocenters. The number of benzene rings is 2. The predicted octanol–water partition coefficient (Wildman–Crippen LogP) is 4.75. The summed E-state index contributed by atoms with van der Waals surface area (Å²) in [6.07, 6.45) is 0.753. The van der Waals surface area contributed by atoms with Gasteiger partial charge < -0.3 is 14.2 Å². The zero-order valence-electron chi connectivity index (χ0n) is 15.5. The number of carbonyl (C=O) groups excluding carboxylic acids is 1. The fourth-order valence-electron chi connectivity index (χ4n) is 3.19. The van der Waals surface area contributed by atoms with Crippen molar-refractivity contribution < 1.29 is 19.0 Å². The second-order valence-corrected chi connectivity index (χ2v) is 8.06. The van der Waals surface area contributed by atoms with Crippen LogP contribution in [0.25, 0.3) is 11.3 Å². The van der Waals surface area contributed by atoms with Gasteiger partial charge in [0.2, 0.25) is 0 Å². The van der Waals surface area contributed by atoms with Crippen molar-refractivity contribution in [1.82, 2.24) is 4.98 Å². The molecule has 3 aromatic rings. The minimum Gasteiger partial charge on any atom is -0.497 e. The molecule has 1 amide bonds. The highest BCUT2D eigenvalue weighted by atomic mass is 79.9. The highest BCUT2D eigenvalue weighted by Crippen LogP contribution is 2.48. The van der Waals surface area contributed by atoms with Crippen LogP contribution in [-0.2, 0) is 6.42 Å². The standard InChI is InChI=1S/C20H17BrN2O4S/c1-25-11-6-10(7-12(8-11)26-2)19(24)23-20-22-18-16(28-20)9-13-14(21)4-5-15(27-3)17(13)18/h4-8H,9H2,1-3H3,(H,22,23,24). The van der Waals surface area contributed by atoms with Crippen LogP contribution >= 0.6 is 27.3 Å². The first-order valence-electron chi connectivity index (χ1n) is 8.44. The van der Waals surface area contributed by atoms with Crippen LogP contribution in [0, 0.1) is 0 Å². The maximum Gasteiger partial charge on any atom is 0.257 e. The second-order valence-electron chi connectivity index (χ2n) is 6.13. The summed E-state index contributed by atoms with van der Waals surface area (Å²) in [5.41, 5.74) is 3.43. The Bertz CT molecular complexity index is 1060. The van der Waals surface area contributed by atoms with Crippen molar-refractivity contribution in [2.24, 2.45) is 0 Å². The maximum absolute atomic E-state index is 12.7. The molecule has 1 heterocycles. The quantitative estimate of drug-likeness (QED) is 0.465. The molecule has 2 aromatic carbocycles. The lowest BCUT2D eigenvalue weighted by Gasteiger charge is -2.09. The van der Waals surface area contributed by atoms with Crippen LogP contribution in [0.5, 0.6) is 17.2 Å². The van der Waals surface area contributed by atoms with Crippen molar-refractivity contribution in [3.8, 4) is 28.5 Å². The Morgan fingerprint density at radius 2 is 1.82 bits per heavy atom. The minimum atomic E-state index is -0.272. The summed E-state index contributed by atoms with van der Waals surface area (Å²) in [5.74, 6) is 1.60. The summed E-state index contributed by atoms with van der Waals surface area (Å²) in [6.45, 7) is 0.